The number of aryl methyl sites for hydroxylation is 2. The van der Waals surface area contributed by atoms with Crippen LogP contribution in [0.5, 0.6) is 0 Å². The van der Waals surface area contributed by atoms with Crippen molar-refractivity contribution in [3.05, 3.63) is 106 Å². The van der Waals surface area contributed by atoms with E-state index in [1.165, 1.54) is 18.2 Å². The Morgan fingerprint density at radius 1 is 0.969 bits per heavy atom. The van der Waals surface area contributed by atoms with Crippen molar-refractivity contribution in [1.29, 1.82) is 0 Å². The maximum atomic E-state index is 13.8. The summed E-state index contributed by atoms with van der Waals surface area (Å²) in [4.78, 5) is 12.2. The van der Waals surface area contributed by atoms with Gasteiger partial charge in [-0.05, 0) is 60.2 Å². The summed E-state index contributed by atoms with van der Waals surface area (Å²) in [7, 11) is 0. The molecule has 3 aromatic rings. The maximum Gasteiger partial charge on any atom is 0.416 e. The third-order valence-electron chi connectivity index (χ3n) is 5.37. The maximum absolute atomic E-state index is 13.8. The third-order valence-corrected chi connectivity index (χ3v) is 5.37. The third kappa shape index (κ3) is 5.95. The SMILES string of the molecule is Cc1cc([C@@H](CCc2ccc(C(F)(F)F)cc2)N[C@H](C(N)=O)c2ccccc2)ccc1F. The Labute approximate surface area is 184 Å². The second-order valence-electron chi connectivity index (χ2n) is 7.71. The Morgan fingerprint density at radius 2 is 1.62 bits per heavy atom. The Balaban J connectivity index is 1.85. The summed E-state index contributed by atoms with van der Waals surface area (Å²) in [5.41, 5.74) is 7.57. The average Bonchev–Trinajstić information content (AvgIpc) is 2.76. The molecule has 1 amide bonds. The highest BCUT2D eigenvalue weighted by molar-refractivity contribution is 5.81. The Kier molecular flexibility index (Phi) is 7.30. The molecule has 0 bridgehead atoms. The van der Waals surface area contributed by atoms with Gasteiger partial charge in [0, 0.05) is 6.04 Å². The molecule has 3 rings (SSSR count). The lowest BCUT2D eigenvalue weighted by molar-refractivity contribution is -0.137. The monoisotopic (exact) mass is 444 g/mol. The van der Waals surface area contributed by atoms with Crippen LogP contribution in [0.15, 0.2) is 72.8 Å². The van der Waals surface area contributed by atoms with Crippen LogP contribution in [0, 0.1) is 12.7 Å². The van der Waals surface area contributed by atoms with E-state index >= 15 is 0 Å². The van der Waals surface area contributed by atoms with Gasteiger partial charge < -0.3 is 5.73 Å². The van der Waals surface area contributed by atoms with Crippen molar-refractivity contribution in [2.24, 2.45) is 5.73 Å². The van der Waals surface area contributed by atoms with E-state index in [9.17, 15) is 22.4 Å². The van der Waals surface area contributed by atoms with E-state index in [0.717, 1.165) is 23.3 Å². The van der Waals surface area contributed by atoms with Crippen molar-refractivity contribution >= 4 is 5.91 Å². The molecule has 0 saturated carbocycles. The number of alkyl halides is 3. The molecular formula is C25H24F4N2O. The van der Waals surface area contributed by atoms with Crippen molar-refractivity contribution < 1.29 is 22.4 Å². The standard InChI is InChI=1S/C25H24F4N2O/c1-16-15-19(10-13-21(16)26)22(31-23(24(30)32)18-5-3-2-4-6-18)14-9-17-7-11-20(12-8-17)25(27,28)29/h2-8,10-13,15,22-23,31H,9,14H2,1H3,(H2,30,32)/t22-,23+/m1/s1. The number of hydrogen-bond donors (Lipinski definition) is 2. The Hall–Kier alpha value is -3.19. The van der Waals surface area contributed by atoms with Crippen molar-refractivity contribution in [2.75, 3.05) is 0 Å². The molecular weight excluding hydrogens is 420 g/mol. The summed E-state index contributed by atoms with van der Waals surface area (Å²) < 4.78 is 52.3. The first kappa shape index (κ1) is 23.5. The summed E-state index contributed by atoms with van der Waals surface area (Å²) in [6.45, 7) is 1.65. The van der Waals surface area contributed by atoms with Crippen LogP contribution in [0.3, 0.4) is 0 Å². The first-order valence-corrected chi connectivity index (χ1v) is 10.2. The molecule has 7 heteroatoms. The van der Waals surface area contributed by atoms with E-state index in [1.807, 2.05) is 6.07 Å². The highest BCUT2D eigenvalue weighted by atomic mass is 19.4. The van der Waals surface area contributed by atoms with Crippen LogP contribution >= 0.6 is 0 Å². The van der Waals surface area contributed by atoms with E-state index in [1.54, 1.807) is 43.3 Å². The fourth-order valence-electron chi connectivity index (χ4n) is 3.59. The molecule has 0 aliphatic carbocycles. The van der Waals surface area contributed by atoms with Crippen LogP contribution in [0.4, 0.5) is 17.6 Å². The van der Waals surface area contributed by atoms with E-state index in [-0.39, 0.29) is 11.9 Å². The minimum atomic E-state index is -4.39. The van der Waals surface area contributed by atoms with Crippen LogP contribution in [-0.4, -0.2) is 5.91 Å². The molecule has 0 heterocycles. The van der Waals surface area contributed by atoms with Gasteiger partial charge in [-0.3, -0.25) is 10.1 Å². The topological polar surface area (TPSA) is 55.1 Å². The number of carbonyl (C=O) groups excluding carboxylic acids is 1. The number of amides is 1. The quantitative estimate of drug-likeness (QED) is 0.442. The highest BCUT2D eigenvalue weighted by Gasteiger charge is 2.30. The molecule has 32 heavy (non-hydrogen) atoms. The zero-order valence-corrected chi connectivity index (χ0v) is 17.5. The highest BCUT2D eigenvalue weighted by Crippen LogP contribution is 2.30. The number of hydrogen-bond acceptors (Lipinski definition) is 2. The van der Waals surface area contributed by atoms with Gasteiger partial charge in [0.25, 0.3) is 0 Å². The van der Waals surface area contributed by atoms with Crippen LogP contribution in [-0.2, 0) is 17.4 Å². The van der Waals surface area contributed by atoms with Gasteiger partial charge in [0.1, 0.15) is 11.9 Å². The van der Waals surface area contributed by atoms with Crippen molar-refractivity contribution in [2.45, 2.75) is 38.0 Å². The van der Waals surface area contributed by atoms with E-state index < -0.39 is 23.7 Å². The number of carbonyl (C=O) groups is 1. The molecule has 0 aliphatic rings. The van der Waals surface area contributed by atoms with Gasteiger partial charge in [0.2, 0.25) is 5.91 Å². The summed E-state index contributed by atoms with van der Waals surface area (Å²) in [5, 5.41) is 3.26. The fraction of sp³-hybridized carbons (Fsp3) is 0.240. The van der Waals surface area contributed by atoms with Crippen LogP contribution in [0.25, 0.3) is 0 Å². The second kappa shape index (κ2) is 9.96. The van der Waals surface area contributed by atoms with E-state index in [4.69, 9.17) is 5.73 Å². The van der Waals surface area contributed by atoms with Crippen molar-refractivity contribution in [3.8, 4) is 0 Å². The van der Waals surface area contributed by atoms with Gasteiger partial charge in [-0.1, -0.05) is 54.6 Å². The lowest BCUT2D eigenvalue weighted by Crippen LogP contribution is -2.36. The number of rotatable bonds is 8. The van der Waals surface area contributed by atoms with Gasteiger partial charge in [-0.15, -0.1) is 0 Å². The molecule has 0 fully saturated rings. The minimum absolute atomic E-state index is 0.343. The van der Waals surface area contributed by atoms with E-state index in [2.05, 4.69) is 5.32 Å². The van der Waals surface area contributed by atoms with Gasteiger partial charge in [-0.2, -0.15) is 13.2 Å². The van der Waals surface area contributed by atoms with E-state index in [0.29, 0.717) is 24.0 Å². The van der Waals surface area contributed by atoms with Gasteiger partial charge in [0.15, 0.2) is 0 Å². The number of benzene rings is 3. The number of primary amides is 1. The molecule has 2 atom stereocenters. The summed E-state index contributed by atoms with van der Waals surface area (Å²) in [6.07, 6.45) is -3.47. The summed E-state index contributed by atoms with van der Waals surface area (Å²) in [5.74, 6) is -0.903. The second-order valence-corrected chi connectivity index (χ2v) is 7.71. The molecule has 0 radical (unpaired) electrons. The van der Waals surface area contributed by atoms with Crippen LogP contribution in [0.2, 0.25) is 0 Å². The lowest BCUT2D eigenvalue weighted by Gasteiger charge is -2.25. The Morgan fingerprint density at radius 3 is 2.19 bits per heavy atom. The molecule has 0 spiro atoms. The Bertz CT molecular complexity index is 1050. The van der Waals surface area contributed by atoms with Crippen molar-refractivity contribution in [3.63, 3.8) is 0 Å². The predicted molar refractivity (Wildman–Crippen MR) is 115 cm³/mol. The molecule has 3 aromatic carbocycles. The van der Waals surface area contributed by atoms with Gasteiger partial charge in [0.05, 0.1) is 5.56 Å². The van der Waals surface area contributed by atoms with Crippen molar-refractivity contribution in [1.82, 2.24) is 5.32 Å². The molecule has 0 aromatic heterocycles. The molecule has 0 saturated heterocycles. The minimum Gasteiger partial charge on any atom is -0.368 e. The number of nitrogens with two attached hydrogens (primary N) is 1. The molecule has 0 aliphatic heterocycles. The molecule has 0 unspecified atom stereocenters. The number of halogens is 4. The summed E-state index contributed by atoms with van der Waals surface area (Å²) in [6, 6.07) is 17.5. The number of nitrogens with one attached hydrogen (secondary N) is 1. The summed E-state index contributed by atoms with van der Waals surface area (Å²) >= 11 is 0. The predicted octanol–water partition coefficient (Wildman–Crippen LogP) is 5.64. The average molecular weight is 444 g/mol. The first-order valence-electron chi connectivity index (χ1n) is 10.2. The van der Waals surface area contributed by atoms with Crippen LogP contribution in [0.1, 0.15) is 46.3 Å². The normalized spacial score (nSPS) is 13.5. The zero-order valence-electron chi connectivity index (χ0n) is 17.5. The molecule has 3 nitrogen and oxygen atoms in total. The van der Waals surface area contributed by atoms with Gasteiger partial charge in [-0.25, -0.2) is 4.39 Å². The van der Waals surface area contributed by atoms with Crippen LogP contribution < -0.4 is 11.1 Å². The largest absolute Gasteiger partial charge is 0.416 e. The van der Waals surface area contributed by atoms with Gasteiger partial charge >= 0.3 is 6.18 Å². The smallest absolute Gasteiger partial charge is 0.368 e. The zero-order chi connectivity index (χ0) is 23.3. The molecule has 168 valence electrons. The fourth-order valence-corrected chi connectivity index (χ4v) is 3.59. The lowest BCUT2D eigenvalue weighted by atomic mass is 9.95. The molecule has 3 N–H and O–H groups in total. The first-order chi connectivity index (χ1) is 15.1.